The Morgan fingerprint density at radius 3 is 2.32 bits per heavy atom. The number of nitrogens with one attached hydrogen (secondary N) is 2. The average Bonchev–Trinajstić information content (AvgIpc) is 2.35. The maximum absolute atomic E-state index is 5.30. The molecule has 5 heteroatoms. The van der Waals surface area contributed by atoms with E-state index in [-0.39, 0.29) is 29.4 Å². The minimum Gasteiger partial charge on any atom is -0.380 e. The second-order valence-electron chi connectivity index (χ2n) is 7.80. The molecule has 22 heavy (non-hydrogen) atoms. The van der Waals surface area contributed by atoms with Crippen molar-refractivity contribution < 1.29 is 4.74 Å². The van der Waals surface area contributed by atoms with Crippen molar-refractivity contribution >= 4 is 29.9 Å². The molecule has 0 unspecified atom stereocenters. The van der Waals surface area contributed by atoms with Crippen molar-refractivity contribution in [3.8, 4) is 0 Å². The summed E-state index contributed by atoms with van der Waals surface area (Å²) in [6.07, 6.45) is 5.44. The van der Waals surface area contributed by atoms with Gasteiger partial charge < -0.3 is 15.4 Å². The Hall–Kier alpha value is -0.0400. The molecule has 1 aliphatic heterocycles. The fourth-order valence-electron chi connectivity index (χ4n) is 3.42. The van der Waals surface area contributed by atoms with Crippen LogP contribution in [0.5, 0.6) is 0 Å². The van der Waals surface area contributed by atoms with Crippen molar-refractivity contribution in [1.82, 2.24) is 10.6 Å². The molecule has 130 valence electrons. The first-order valence-electron chi connectivity index (χ1n) is 8.57. The molecular weight excluding hydrogens is 389 g/mol. The summed E-state index contributed by atoms with van der Waals surface area (Å²) in [5.41, 5.74) is 0.752. The van der Waals surface area contributed by atoms with E-state index in [4.69, 9.17) is 9.73 Å². The first kappa shape index (κ1) is 20.0. The minimum absolute atomic E-state index is 0. The number of nitrogens with zero attached hydrogens (tertiary/aromatic N) is 1. The van der Waals surface area contributed by atoms with E-state index < -0.39 is 0 Å². The molecule has 0 amide bonds. The zero-order valence-electron chi connectivity index (χ0n) is 14.7. The Morgan fingerprint density at radius 1 is 1.23 bits per heavy atom. The van der Waals surface area contributed by atoms with E-state index in [1.807, 2.05) is 0 Å². The van der Waals surface area contributed by atoms with Crippen molar-refractivity contribution in [2.24, 2.45) is 21.7 Å². The van der Waals surface area contributed by atoms with E-state index >= 15 is 0 Å². The van der Waals surface area contributed by atoms with Crippen molar-refractivity contribution in [3.05, 3.63) is 0 Å². The summed E-state index contributed by atoms with van der Waals surface area (Å²) >= 11 is 0. The van der Waals surface area contributed by atoms with Crippen molar-refractivity contribution in [3.63, 3.8) is 0 Å². The number of aliphatic imine (C=N–C) groups is 1. The third-order valence-corrected chi connectivity index (χ3v) is 4.75. The fourth-order valence-corrected chi connectivity index (χ4v) is 3.42. The van der Waals surface area contributed by atoms with Gasteiger partial charge in [-0.2, -0.15) is 0 Å². The summed E-state index contributed by atoms with van der Waals surface area (Å²) < 4.78 is 5.30. The van der Waals surface area contributed by atoms with Crippen LogP contribution in [0.25, 0.3) is 0 Å². The van der Waals surface area contributed by atoms with Crippen molar-refractivity contribution in [2.45, 2.75) is 53.4 Å². The van der Waals surface area contributed by atoms with Crippen molar-refractivity contribution in [2.75, 3.05) is 32.8 Å². The molecule has 2 fully saturated rings. The van der Waals surface area contributed by atoms with E-state index in [1.165, 1.54) is 25.7 Å². The molecule has 2 rings (SSSR count). The van der Waals surface area contributed by atoms with Gasteiger partial charge in [0, 0.05) is 18.5 Å². The van der Waals surface area contributed by atoms with Gasteiger partial charge in [-0.3, -0.25) is 4.99 Å². The lowest BCUT2D eigenvalue weighted by molar-refractivity contribution is -0.0945. The predicted octanol–water partition coefficient (Wildman–Crippen LogP) is 3.41. The summed E-state index contributed by atoms with van der Waals surface area (Å²) in [6, 6.07) is 0. The molecule has 2 N–H and O–H groups in total. The first-order valence-corrected chi connectivity index (χ1v) is 8.57. The normalized spacial score (nSPS) is 22.3. The van der Waals surface area contributed by atoms with Crippen LogP contribution in [-0.2, 0) is 4.74 Å². The maximum Gasteiger partial charge on any atom is 0.191 e. The van der Waals surface area contributed by atoms with Crippen LogP contribution in [-0.4, -0.2) is 38.8 Å². The highest BCUT2D eigenvalue weighted by Gasteiger charge is 2.37. The highest BCUT2D eigenvalue weighted by Crippen LogP contribution is 2.45. The number of hydrogen-bond donors (Lipinski definition) is 2. The Labute approximate surface area is 153 Å². The van der Waals surface area contributed by atoms with Gasteiger partial charge in [-0.1, -0.05) is 27.2 Å². The molecule has 0 atom stereocenters. The summed E-state index contributed by atoms with van der Waals surface area (Å²) in [7, 11) is 0. The molecule has 0 aromatic heterocycles. The summed E-state index contributed by atoms with van der Waals surface area (Å²) in [6.45, 7) is 13.5. The number of rotatable bonds is 7. The van der Waals surface area contributed by atoms with Crippen LogP contribution in [0.4, 0.5) is 0 Å². The number of guanidine groups is 1. The molecule has 1 saturated carbocycles. The van der Waals surface area contributed by atoms with E-state index in [0.717, 1.165) is 44.7 Å². The maximum atomic E-state index is 5.30. The average molecular weight is 423 g/mol. The van der Waals surface area contributed by atoms with Crippen molar-refractivity contribution in [1.29, 1.82) is 0 Å². The van der Waals surface area contributed by atoms with Crippen LogP contribution >= 0.6 is 24.0 Å². The lowest BCUT2D eigenvalue weighted by Crippen LogP contribution is -2.48. The highest BCUT2D eigenvalue weighted by atomic mass is 127. The van der Waals surface area contributed by atoms with Gasteiger partial charge in [-0.05, 0) is 37.5 Å². The largest absolute Gasteiger partial charge is 0.380 e. The summed E-state index contributed by atoms with van der Waals surface area (Å²) in [5, 5.41) is 6.96. The Morgan fingerprint density at radius 2 is 1.91 bits per heavy atom. The zero-order chi connectivity index (χ0) is 15.3. The molecule has 2 aliphatic rings. The van der Waals surface area contributed by atoms with E-state index in [2.05, 4.69) is 38.3 Å². The minimum atomic E-state index is 0. The second kappa shape index (κ2) is 8.71. The molecule has 1 heterocycles. The topological polar surface area (TPSA) is 45.7 Å². The molecule has 0 aromatic rings. The third-order valence-electron chi connectivity index (χ3n) is 4.75. The molecule has 4 nitrogen and oxygen atoms in total. The lowest BCUT2D eigenvalue weighted by atomic mass is 9.64. The molecule has 0 aromatic carbocycles. The van der Waals surface area contributed by atoms with Crippen LogP contribution < -0.4 is 10.6 Å². The zero-order valence-corrected chi connectivity index (χ0v) is 17.0. The van der Waals surface area contributed by atoms with Gasteiger partial charge in [0.25, 0.3) is 0 Å². The summed E-state index contributed by atoms with van der Waals surface area (Å²) in [5.74, 6) is 1.75. The molecule has 1 saturated heterocycles. The van der Waals surface area contributed by atoms with Gasteiger partial charge in [-0.15, -0.1) is 24.0 Å². The molecule has 0 bridgehead atoms. The Balaban J connectivity index is 0.00000242. The predicted molar refractivity (Wildman–Crippen MR) is 104 cm³/mol. The lowest BCUT2D eigenvalue weighted by Gasteiger charge is -2.44. The Kier molecular flexibility index (Phi) is 7.92. The van der Waals surface area contributed by atoms with Crippen LogP contribution in [0.2, 0.25) is 0 Å². The molecular formula is C17H34IN3O. The van der Waals surface area contributed by atoms with Gasteiger partial charge in [0.2, 0.25) is 0 Å². The Bertz CT molecular complexity index is 363. The van der Waals surface area contributed by atoms with Gasteiger partial charge >= 0.3 is 0 Å². The number of ether oxygens (including phenoxy) is 1. The van der Waals surface area contributed by atoms with Gasteiger partial charge in [-0.25, -0.2) is 0 Å². The van der Waals surface area contributed by atoms with Crippen LogP contribution in [0.15, 0.2) is 4.99 Å². The van der Waals surface area contributed by atoms with Crippen LogP contribution in [0.1, 0.15) is 53.4 Å². The van der Waals surface area contributed by atoms with Gasteiger partial charge in [0.05, 0.1) is 19.8 Å². The molecule has 0 spiro atoms. The monoisotopic (exact) mass is 423 g/mol. The highest BCUT2D eigenvalue weighted by molar-refractivity contribution is 14.0. The third kappa shape index (κ3) is 5.55. The summed E-state index contributed by atoms with van der Waals surface area (Å²) in [4.78, 5) is 4.76. The van der Waals surface area contributed by atoms with Gasteiger partial charge in [0.15, 0.2) is 5.96 Å². The van der Waals surface area contributed by atoms with E-state index in [1.54, 1.807) is 0 Å². The SMILES string of the molecule is CCNC(=NCC1(C)COC1)NCC1(CC(C)C)CCC1.I. The standard InChI is InChI=1S/C17H33N3O.HI/c1-5-18-15(19-10-16(4)12-21-13-16)20-11-17(7-6-8-17)9-14(2)3;/h14H,5-13H2,1-4H3,(H2,18,19,20);1H. The smallest absolute Gasteiger partial charge is 0.191 e. The molecule has 0 radical (unpaired) electrons. The molecule has 1 aliphatic carbocycles. The fraction of sp³-hybridized carbons (Fsp3) is 0.941. The van der Waals surface area contributed by atoms with Gasteiger partial charge in [0.1, 0.15) is 0 Å². The van der Waals surface area contributed by atoms with E-state index in [9.17, 15) is 0 Å². The second-order valence-corrected chi connectivity index (χ2v) is 7.80. The van der Waals surface area contributed by atoms with Crippen LogP contribution in [0.3, 0.4) is 0 Å². The quantitative estimate of drug-likeness (QED) is 0.375. The first-order chi connectivity index (χ1) is 9.97. The number of hydrogen-bond acceptors (Lipinski definition) is 2. The van der Waals surface area contributed by atoms with E-state index in [0.29, 0.717) is 5.41 Å². The number of halogens is 1. The van der Waals surface area contributed by atoms with Crippen LogP contribution in [0, 0.1) is 16.7 Å².